The van der Waals surface area contributed by atoms with Crippen molar-refractivity contribution in [1.82, 2.24) is 15.1 Å². The van der Waals surface area contributed by atoms with Crippen LogP contribution in [0.1, 0.15) is 67.1 Å². The number of amides is 1. The molecule has 1 atom stereocenters. The van der Waals surface area contributed by atoms with Gasteiger partial charge in [0.1, 0.15) is 18.2 Å². The molecule has 1 fully saturated rings. The molecule has 0 spiro atoms. The number of carboxylic acids is 1. The summed E-state index contributed by atoms with van der Waals surface area (Å²) >= 11 is 0. The zero-order chi connectivity index (χ0) is 29.2. The molecule has 1 amide bonds. The van der Waals surface area contributed by atoms with Crippen LogP contribution in [0.15, 0.2) is 66.2 Å². The summed E-state index contributed by atoms with van der Waals surface area (Å²) in [6.45, 7) is 1.76. The van der Waals surface area contributed by atoms with E-state index in [1.807, 2.05) is 54.6 Å². The quantitative estimate of drug-likeness (QED) is 0.187. The van der Waals surface area contributed by atoms with Crippen molar-refractivity contribution in [1.29, 1.82) is 0 Å². The summed E-state index contributed by atoms with van der Waals surface area (Å²) in [7, 11) is 0. The lowest BCUT2D eigenvalue weighted by atomic mass is 9.89. The number of nitrogens with one attached hydrogen (secondary N) is 2. The smallest absolute Gasteiger partial charge is 0.328 e. The van der Waals surface area contributed by atoms with E-state index in [2.05, 4.69) is 22.7 Å². The first-order chi connectivity index (χ1) is 19.9. The van der Waals surface area contributed by atoms with E-state index in [1.165, 1.54) is 18.9 Å². The van der Waals surface area contributed by atoms with Crippen LogP contribution < -0.4 is 15.4 Å². The molecule has 1 saturated carbocycles. The number of aromatic nitrogens is 2. The van der Waals surface area contributed by atoms with Gasteiger partial charge in [0.2, 0.25) is 6.41 Å². The number of hydrogen-bond donors (Lipinski definition) is 4. The van der Waals surface area contributed by atoms with Crippen LogP contribution in [0.4, 0.5) is 5.82 Å². The van der Waals surface area contributed by atoms with Crippen LogP contribution in [0.5, 0.6) is 5.75 Å². The maximum Gasteiger partial charge on any atom is 0.328 e. The van der Waals surface area contributed by atoms with Crippen LogP contribution in [0.25, 0.3) is 5.70 Å². The minimum Gasteiger partial charge on any atom is -0.489 e. The second-order valence-electron chi connectivity index (χ2n) is 10.2. The summed E-state index contributed by atoms with van der Waals surface area (Å²) in [5.41, 5.74) is 3.74. The summed E-state index contributed by atoms with van der Waals surface area (Å²) in [6, 6.07) is 17.5. The number of benzene rings is 2. The van der Waals surface area contributed by atoms with Gasteiger partial charge in [-0.2, -0.15) is 9.78 Å². The predicted octanol–water partition coefficient (Wildman–Crippen LogP) is 4.49. The van der Waals surface area contributed by atoms with Crippen molar-refractivity contribution in [2.45, 2.75) is 58.1 Å². The largest absolute Gasteiger partial charge is 0.489 e. The fourth-order valence-corrected chi connectivity index (χ4v) is 5.00. The fraction of sp³-hybridized carbons (Fsp3) is 0.355. The van der Waals surface area contributed by atoms with E-state index in [9.17, 15) is 19.5 Å². The number of anilines is 1. The van der Waals surface area contributed by atoms with Crippen LogP contribution in [-0.4, -0.2) is 50.9 Å². The molecule has 1 aliphatic carbocycles. The van der Waals surface area contributed by atoms with Crippen molar-refractivity contribution in [3.05, 3.63) is 83.1 Å². The lowest BCUT2D eigenvalue weighted by molar-refractivity contribution is -0.140. The molecule has 3 aromatic rings. The number of carbonyl (C=O) groups is 3. The van der Waals surface area contributed by atoms with Crippen LogP contribution >= 0.6 is 0 Å². The molecule has 0 bridgehead atoms. The molecule has 0 radical (unpaired) electrons. The van der Waals surface area contributed by atoms with E-state index in [0.717, 1.165) is 58.5 Å². The average Bonchev–Trinajstić information content (AvgIpc) is 3.21. The molecule has 1 unspecified atom stereocenters. The molecular formula is C31H36N4O6. The molecule has 10 heteroatoms. The number of ether oxygens (including phenoxy) is 1. The van der Waals surface area contributed by atoms with Gasteiger partial charge >= 0.3 is 5.97 Å². The monoisotopic (exact) mass is 560 g/mol. The van der Waals surface area contributed by atoms with Crippen LogP contribution in [0.2, 0.25) is 0 Å². The fourth-order valence-electron chi connectivity index (χ4n) is 5.00. The second-order valence-corrected chi connectivity index (χ2v) is 10.2. The van der Waals surface area contributed by atoms with Crippen LogP contribution in [0, 0.1) is 5.92 Å². The predicted molar refractivity (Wildman–Crippen MR) is 155 cm³/mol. The van der Waals surface area contributed by atoms with E-state index >= 15 is 0 Å². The minimum absolute atomic E-state index is 0.157. The molecule has 1 aliphatic rings. The molecular weight excluding hydrogens is 524 g/mol. The Morgan fingerprint density at radius 2 is 1.76 bits per heavy atom. The number of rotatable bonds is 12. The standard InChI is InChI=1S/C31H36N4O6/c1-21(23-11-7-2-3-8-12-23)29(24-13-15-25(16-14-24)41-19-22-9-5-4-6-10-22)33-28-17-26(34-35(28)20-37)30(38)32-27(18-36)31(39)40/h4-6,9-10,13-17,20,23,27,33,36H,2-3,7-8,11-12,18-19H2,1H3,(H,32,38)(H,39,40)/b29-21+. The SMILES string of the molecule is C/C(=C(\Nc1cc(C(=O)NC(CO)C(=O)O)nn1C=O)c1ccc(OCc2ccccc2)cc1)C1CCCCCC1. The molecule has 4 N–H and O–H groups in total. The first-order valence-corrected chi connectivity index (χ1v) is 13.8. The Morgan fingerprint density at radius 3 is 2.37 bits per heavy atom. The van der Waals surface area contributed by atoms with Gasteiger partial charge in [0.15, 0.2) is 11.7 Å². The Morgan fingerprint density at radius 1 is 1.07 bits per heavy atom. The van der Waals surface area contributed by atoms with Gasteiger partial charge in [-0.1, -0.05) is 56.0 Å². The molecule has 1 heterocycles. The topological polar surface area (TPSA) is 143 Å². The highest BCUT2D eigenvalue weighted by Gasteiger charge is 2.24. The van der Waals surface area contributed by atoms with Crippen LogP contribution in [0.3, 0.4) is 0 Å². The van der Waals surface area contributed by atoms with E-state index < -0.39 is 24.5 Å². The lowest BCUT2D eigenvalue weighted by Crippen LogP contribution is -2.43. The molecule has 10 nitrogen and oxygen atoms in total. The van der Waals surface area contributed by atoms with Gasteiger partial charge in [0, 0.05) is 11.8 Å². The number of hydrogen-bond acceptors (Lipinski definition) is 7. The molecule has 4 rings (SSSR count). The van der Waals surface area contributed by atoms with E-state index in [1.54, 1.807) is 0 Å². The highest BCUT2D eigenvalue weighted by atomic mass is 16.5. The van der Waals surface area contributed by atoms with Crippen molar-refractivity contribution >= 4 is 29.8 Å². The maximum atomic E-state index is 12.6. The van der Waals surface area contributed by atoms with Crippen molar-refractivity contribution in [2.75, 3.05) is 11.9 Å². The van der Waals surface area contributed by atoms with Crippen molar-refractivity contribution in [3.63, 3.8) is 0 Å². The number of aliphatic hydroxyl groups excluding tert-OH is 1. The minimum atomic E-state index is -1.49. The van der Waals surface area contributed by atoms with Gasteiger partial charge in [-0.15, -0.1) is 0 Å². The Kier molecular flexibility index (Phi) is 10.3. The lowest BCUT2D eigenvalue weighted by Gasteiger charge is -2.22. The van der Waals surface area contributed by atoms with Crippen molar-refractivity contribution < 1.29 is 29.3 Å². The third-order valence-corrected chi connectivity index (χ3v) is 7.36. The number of carbonyl (C=O) groups excluding carboxylic acids is 2. The summed E-state index contributed by atoms with van der Waals surface area (Å²) in [5.74, 6) is -0.869. The number of allylic oxidation sites excluding steroid dienone is 1. The third kappa shape index (κ3) is 7.82. The number of aliphatic carboxylic acids is 1. The zero-order valence-electron chi connectivity index (χ0n) is 23.1. The second kappa shape index (κ2) is 14.3. The third-order valence-electron chi connectivity index (χ3n) is 7.36. The maximum absolute atomic E-state index is 12.6. The molecule has 0 saturated heterocycles. The molecule has 41 heavy (non-hydrogen) atoms. The van der Waals surface area contributed by atoms with E-state index in [0.29, 0.717) is 18.9 Å². The number of nitrogens with zero attached hydrogens (tertiary/aromatic N) is 2. The highest BCUT2D eigenvalue weighted by molar-refractivity contribution is 5.96. The highest BCUT2D eigenvalue weighted by Crippen LogP contribution is 2.34. The van der Waals surface area contributed by atoms with E-state index in [-0.39, 0.29) is 11.5 Å². The van der Waals surface area contributed by atoms with Gasteiger partial charge in [0.05, 0.1) is 6.61 Å². The average molecular weight is 561 g/mol. The molecule has 216 valence electrons. The van der Waals surface area contributed by atoms with Gasteiger partial charge < -0.3 is 25.6 Å². The Labute approximate surface area is 239 Å². The van der Waals surface area contributed by atoms with Crippen molar-refractivity contribution in [3.8, 4) is 5.75 Å². The molecule has 1 aromatic heterocycles. The van der Waals surface area contributed by atoms with Gasteiger partial charge in [-0.3, -0.25) is 9.59 Å². The Hall–Kier alpha value is -4.44. The summed E-state index contributed by atoms with van der Waals surface area (Å²) < 4.78 is 6.96. The van der Waals surface area contributed by atoms with Gasteiger partial charge in [0.25, 0.3) is 5.91 Å². The zero-order valence-corrected chi connectivity index (χ0v) is 23.1. The Balaban J connectivity index is 1.62. The van der Waals surface area contributed by atoms with Crippen LogP contribution in [-0.2, 0) is 16.2 Å². The molecule has 0 aliphatic heterocycles. The number of aliphatic hydroxyl groups is 1. The number of carboxylic acid groups (broad SMARTS) is 1. The Bertz CT molecular complexity index is 1360. The first kappa shape index (κ1) is 29.5. The summed E-state index contributed by atoms with van der Waals surface area (Å²) in [5, 5.41) is 28.0. The van der Waals surface area contributed by atoms with Gasteiger partial charge in [-0.25, -0.2) is 4.79 Å². The normalized spacial score (nSPS) is 15.3. The summed E-state index contributed by atoms with van der Waals surface area (Å²) in [6.07, 6.45) is 7.31. The molecule has 2 aromatic carbocycles. The summed E-state index contributed by atoms with van der Waals surface area (Å²) in [4.78, 5) is 35.8. The van der Waals surface area contributed by atoms with Gasteiger partial charge in [-0.05, 0) is 66.6 Å². The van der Waals surface area contributed by atoms with Crippen molar-refractivity contribution in [2.24, 2.45) is 5.92 Å². The first-order valence-electron chi connectivity index (χ1n) is 13.8. The van der Waals surface area contributed by atoms with E-state index in [4.69, 9.17) is 9.84 Å².